The number of carbonyl (C=O) groups is 2. The minimum atomic E-state index is -0.187. The Hall–Kier alpha value is 0.428. The number of carbonyl (C=O) groups excluding carboxylic acids is 2. The molecule has 1 aromatic heterocycles. The zero-order valence-corrected chi connectivity index (χ0v) is 17.9. The van der Waals surface area contributed by atoms with Crippen LogP contribution in [0.15, 0.2) is 4.79 Å². The van der Waals surface area contributed by atoms with E-state index in [1.807, 2.05) is 0 Å². The van der Waals surface area contributed by atoms with Crippen molar-refractivity contribution in [3.63, 3.8) is 0 Å². The fraction of sp³-hybridized carbons (Fsp3) is 0.545. The van der Waals surface area contributed by atoms with Gasteiger partial charge >= 0.3 is 142 Å². The van der Waals surface area contributed by atoms with Crippen LogP contribution in [0.2, 0.25) is 10.6 Å². The summed E-state index contributed by atoms with van der Waals surface area (Å²) in [5, 5.41) is 1.60. The second-order valence-corrected chi connectivity index (χ2v) is 16.1. The fourth-order valence-corrected chi connectivity index (χ4v) is 19.0. The third-order valence-corrected chi connectivity index (χ3v) is 16.9. The van der Waals surface area contributed by atoms with Crippen molar-refractivity contribution in [2.45, 2.75) is 23.5 Å². The summed E-state index contributed by atoms with van der Waals surface area (Å²) >= 11 is 0.422. The zero-order valence-electron chi connectivity index (χ0n) is 11.0. The molecule has 0 aliphatic rings. The molecule has 1 aromatic rings. The standard InChI is InChI=1S/C11H14O5Se4/c1-15-7(12)3-5-17-9-10(20-11(14)19-9)18-6-4-8(13)16-2/h3-6H2,1-2H3. The van der Waals surface area contributed by atoms with E-state index in [4.69, 9.17) is 0 Å². The average Bonchev–Trinajstić information content (AvgIpc) is 2.78. The van der Waals surface area contributed by atoms with Gasteiger partial charge in [0, 0.05) is 0 Å². The summed E-state index contributed by atoms with van der Waals surface area (Å²) in [6.07, 6.45) is 0.861. The van der Waals surface area contributed by atoms with E-state index >= 15 is 0 Å². The average molecular weight is 542 g/mol. The van der Waals surface area contributed by atoms with E-state index in [-0.39, 0.29) is 70.9 Å². The van der Waals surface area contributed by atoms with E-state index < -0.39 is 0 Å². The summed E-state index contributed by atoms with van der Waals surface area (Å²) in [5.41, 5.74) is 0. The van der Waals surface area contributed by atoms with Crippen molar-refractivity contribution in [3.8, 4) is 0 Å². The quantitative estimate of drug-likeness (QED) is 0.276. The molecular formula is C11H14O5Se4. The van der Waals surface area contributed by atoms with Crippen LogP contribution in [-0.2, 0) is 19.1 Å². The molecule has 0 aliphatic carbocycles. The summed E-state index contributed by atoms with van der Waals surface area (Å²) in [4.78, 5) is 33.8. The van der Waals surface area contributed by atoms with Crippen molar-refractivity contribution in [2.24, 2.45) is 0 Å². The van der Waals surface area contributed by atoms with Crippen molar-refractivity contribution >= 4 is 77.5 Å². The minimum absolute atomic E-state index is 0.0154. The van der Waals surface area contributed by atoms with Gasteiger partial charge in [-0.2, -0.15) is 0 Å². The Labute approximate surface area is 141 Å². The molecular weight excluding hydrogens is 528 g/mol. The van der Waals surface area contributed by atoms with Crippen molar-refractivity contribution in [2.75, 3.05) is 14.2 Å². The van der Waals surface area contributed by atoms with Gasteiger partial charge in [0.2, 0.25) is 0 Å². The van der Waals surface area contributed by atoms with Crippen LogP contribution in [0.1, 0.15) is 12.8 Å². The molecule has 0 aliphatic heterocycles. The Morgan fingerprint density at radius 2 is 1.35 bits per heavy atom. The summed E-state index contributed by atoms with van der Waals surface area (Å²) in [7, 11) is 2.78. The van der Waals surface area contributed by atoms with Crippen molar-refractivity contribution in [3.05, 3.63) is 7.97 Å². The predicted molar refractivity (Wildman–Crippen MR) is 80.2 cm³/mol. The fourth-order valence-electron chi connectivity index (χ4n) is 1.09. The Balaban J connectivity index is 2.48. The van der Waals surface area contributed by atoms with Crippen LogP contribution < -0.4 is 9.85 Å². The van der Waals surface area contributed by atoms with Gasteiger partial charge in [-0.3, -0.25) is 0 Å². The Morgan fingerprint density at radius 3 is 1.70 bits per heavy atom. The van der Waals surface area contributed by atoms with E-state index in [2.05, 4.69) is 9.47 Å². The van der Waals surface area contributed by atoms with Crippen LogP contribution in [0.5, 0.6) is 0 Å². The molecule has 0 spiro atoms. The maximum atomic E-state index is 11.6. The van der Waals surface area contributed by atoms with Crippen LogP contribution in [-0.4, -0.2) is 85.1 Å². The molecule has 5 nitrogen and oxygen atoms in total. The maximum absolute atomic E-state index is 11.6. The molecule has 0 saturated heterocycles. The molecule has 0 unspecified atom stereocenters. The summed E-state index contributed by atoms with van der Waals surface area (Å²) < 4.78 is 12.3. The number of methoxy groups -OCH3 is 2. The van der Waals surface area contributed by atoms with Gasteiger partial charge in [-0.15, -0.1) is 0 Å². The Kier molecular flexibility index (Phi) is 9.43. The number of hydrogen-bond donors (Lipinski definition) is 0. The molecule has 0 bridgehead atoms. The van der Waals surface area contributed by atoms with E-state index in [1.54, 1.807) is 0 Å². The molecule has 1 heterocycles. The first-order valence-corrected chi connectivity index (χ1v) is 13.2. The van der Waals surface area contributed by atoms with Gasteiger partial charge in [-0.05, 0) is 0 Å². The molecule has 0 amide bonds. The van der Waals surface area contributed by atoms with E-state index in [1.165, 1.54) is 20.9 Å². The molecule has 112 valence electrons. The summed E-state index contributed by atoms with van der Waals surface area (Å²) in [5.74, 6) is -0.375. The monoisotopic (exact) mass is 546 g/mol. The summed E-state index contributed by atoms with van der Waals surface area (Å²) in [6.45, 7) is 0. The van der Waals surface area contributed by atoms with Crippen molar-refractivity contribution < 1.29 is 19.1 Å². The molecule has 0 radical (unpaired) electrons. The molecule has 0 aromatic carbocycles. The molecule has 0 atom stereocenters. The molecule has 1 rings (SSSR count). The van der Waals surface area contributed by atoms with Gasteiger partial charge < -0.3 is 0 Å². The van der Waals surface area contributed by atoms with Crippen molar-refractivity contribution in [1.82, 2.24) is 0 Å². The van der Waals surface area contributed by atoms with Crippen molar-refractivity contribution in [1.29, 1.82) is 0 Å². The van der Waals surface area contributed by atoms with E-state index in [0.717, 1.165) is 10.6 Å². The topological polar surface area (TPSA) is 69.7 Å². The molecule has 20 heavy (non-hydrogen) atoms. The molecule has 0 N–H and O–H groups in total. The normalized spacial score (nSPS) is 10.3. The third kappa shape index (κ3) is 6.93. The van der Waals surface area contributed by atoms with Crippen LogP contribution >= 0.6 is 0 Å². The first-order chi connectivity index (χ1) is 9.56. The number of esters is 2. The molecule has 9 heteroatoms. The number of hydrogen-bond acceptors (Lipinski definition) is 5. The zero-order chi connectivity index (χ0) is 15.0. The Bertz CT molecular complexity index is 465. The second-order valence-electron chi connectivity index (χ2n) is 3.38. The van der Waals surface area contributed by atoms with E-state index in [0.29, 0.717) is 16.0 Å². The van der Waals surface area contributed by atoms with Gasteiger partial charge in [-0.25, -0.2) is 0 Å². The molecule has 0 saturated carbocycles. The summed E-state index contributed by atoms with van der Waals surface area (Å²) in [6, 6.07) is 0. The van der Waals surface area contributed by atoms with E-state index in [9.17, 15) is 14.4 Å². The first kappa shape index (κ1) is 18.5. The molecule has 0 fully saturated rings. The van der Waals surface area contributed by atoms with Gasteiger partial charge in [0.15, 0.2) is 0 Å². The van der Waals surface area contributed by atoms with Crippen LogP contribution in [0.25, 0.3) is 0 Å². The predicted octanol–water partition coefficient (Wildman–Crippen LogP) is -2.22. The van der Waals surface area contributed by atoms with Gasteiger partial charge in [0.25, 0.3) is 0 Å². The SMILES string of the molecule is COC(=O)CC[Se]c1[se]c(=O)[se]c1[Se]CCC(=O)OC. The second kappa shape index (κ2) is 10.2. The van der Waals surface area contributed by atoms with Gasteiger partial charge in [0.1, 0.15) is 0 Å². The third-order valence-electron chi connectivity index (χ3n) is 2.05. The first-order valence-electron chi connectivity index (χ1n) is 5.60. The van der Waals surface area contributed by atoms with Gasteiger partial charge in [0.05, 0.1) is 0 Å². The van der Waals surface area contributed by atoms with Crippen LogP contribution in [0, 0.1) is 0 Å². The number of rotatable bonds is 8. The van der Waals surface area contributed by atoms with Gasteiger partial charge in [-0.1, -0.05) is 0 Å². The van der Waals surface area contributed by atoms with Crippen LogP contribution in [0.4, 0.5) is 0 Å². The Morgan fingerprint density at radius 1 is 0.950 bits per heavy atom. The van der Waals surface area contributed by atoms with Crippen LogP contribution in [0.3, 0.4) is 0 Å². The number of ether oxygens (including phenoxy) is 2.